The predicted molar refractivity (Wildman–Crippen MR) is 202 cm³/mol. The number of hydrogen-bond acceptors (Lipinski definition) is 14. The zero-order valence-corrected chi connectivity index (χ0v) is 33.4. The van der Waals surface area contributed by atoms with E-state index in [-0.39, 0.29) is 55.4 Å². The first-order valence-electron chi connectivity index (χ1n) is 18.2. The Labute approximate surface area is 320 Å². The van der Waals surface area contributed by atoms with E-state index >= 15 is 0 Å². The molecule has 4 aliphatic rings. The molecule has 0 aromatic carbocycles. The first-order chi connectivity index (χ1) is 25.3. The third-order valence-electron chi connectivity index (χ3n) is 10.3. The van der Waals surface area contributed by atoms with Crippen molar-refractivity contribution in [1.82, 2.24) is 4.98 Å². The summed E-state index contributed by atoms with van der Waals surface area (Å²) in [4.78, 5) is 43.7. The number of cyclic esters (lactones) is 1. The van der Waals surface area contributed by atoms with Crippen molar-refractivity contribution in [2.24, 2.45) is 17.8 Å². The van der Waals surface area contributed by atoms with Crippen LogP contribution in [0, 0.1) is 24.7 Å². The molecule has 4 aliphatic heterocycles. The first kappa shape index (κ1) is 41.1. The molecule has 0 radical (unpaired) electrons. The van der Waals surface area contributed by atoms with Gasteiger partial charge in [-0.3, -0.25) is 4.79 Å². The molecule has 53 heavy (non-hydrogen) atoms. The molecule has 2 bridgehead atoms. The zero-order valence-electron chi connectivity index (χ0n) is 31.8. The van der Waals surface area contributed by atoms with E-state index in [4.69, 9.17) is 37.6 Å². The van der Waals surface area contributed by atoms with Gasteiger partial charge in [-0.2, -0.15) is 0 Å². The first-order valence-corrected chi connectivity index (χ1v) is 20.9. The summed E-state index contributed by atoms with van der Waals surface area (Å²) < 4.78 is 46.8. The van der Waals surface area contributed by atoms with Gasteiger partial charge in [-0.15, -0.1) is 0 Å². The summed E-state index contributed by atoms with van der Waals surface area (Å²) in [5.41, 5.74) is 1.68. The number of oxazole rings is 1. The van der Waals surface area contributed by atoms with E-state index in [9.17, 15) is 14.4 Å². The highest BCUT2D eigenvalue weighted by Crippen LogP contribution is 2.45. The lowest BCUT2D eigenvalue weighted by Crippen LogP contribution is -2.43. The van der Waals surface area contributed by atoms with Gasteiger partial charge in [0, 0.05) is 44.5 Å². The van der Waals surface area contributed by atoms with E-state index in [1.165, 1.54) is 0 Å². The van der Waals surface area contributed by atoms with Crippen LogP contribution in [0.3, 0.4) is 0 Å². The molecule has 5 rings (SSSR count). The third kappa shape index (κ3) is 11.3. The summed E-state index contributed by atoms with van der Waals surface area (Å²) >= 11 is 0. The molecule has 5 heterocycles. The van der Waals surface area contributed by atoms with Crippen molar-refractivity contribution in [3.05, 3.63) is 59.4 Å². The molecular formula is C39H53NO11S2. The van der Waals surface area contributed by atoms with Gasteiger partial charge in [0.2, 0.25) is 0 Å². The van der Waals surface area contributed by atoms with Gasteiger partial charge >= 0.3 is 18.1 Å². The van der Waals surface area contributed by atoms with Gasteiger partial charge in [-0.05, 0) is 63.0 Å². The molecule has 12 nitrogen and oxygen atoms in total. The van der Waals surface area contributed by atoms with Crippen LogP contribution >= 0.6 is 21.6 Å². The van der Waals surface area contributed by atoms with Crippen molar-refractivity contribution in [2.75, 3.05) is 25.7 Å². The van der Waals surface area contributed by atoms with Crippen molar-refractivity contribution in [1.29, 1.82) is 0 Å². The van der Waals surface area contributed by atoms with Crippen molar-refractivity contribution >= 4 is 45.8 Å². The fraction of sp³-hybridized carbons (Fsp3) is 0.641. The summed E-state index contributed by atoms with van der Waals surface area (Å²) in [6.07, 6.45) is 12.2. The second-order valence-corrected chi connectivity index (χ2v) is 17.2. The number of aromatic nitrogens is 1. The maximum Gasteiger partial charge on any atom is 0.508 e. The molecule has 292 valence electrons. The number of esters is 2. The highest BCUT2D eigenvalue weighted by atomic mass is 33.1. The Kier molecular flexibility index (Phi) is 14.4. The summed E-state index contributed by atoms with van der Waals surface area (Å²) in [5.74, 6) is 0.0153. The maximum absolute atomic E-state index is 13.7. The predicted octanol–water partition coefficient (Wildman–Crippen LogP) is 7.22. The fourth-order valence-electron chi connectivity index (χ4n) is 7.17. The SMILES string of the molecule is COC(C(C)=CC=CC(C)=Cc1coc(C)n1)C(C)C1CC(OC(=O)OCCSSC)C2(C)OC2C=CC(C)C2CC(CC(=O)O2)CC2OC2C(=O)O1. The number of epoxide rings is 2. The molecule has 14 heteroatoms. The van der Waals surface area contributed by atoms with Crippen molar-refractivity contribution < 1.29 is 52.0 Å². The Morgan fingerprint density at radius 3 is 2.64 bits per heavy atom. The molecular weight excluding hydrogens is 723 g/mol. The number of fused-ring (bicyclic) bond motifs is 4. The van der Waals surface area contributed by atoms with Gasteiger partial charge in [0.25, 0.3) is 0 Å². The Morgan fingerprint density at radius 1 is 1.15 bits per heavy atom. The van der Waals surface area contributed by atoms with Crippen LogP contribution in [-0.2, 0) is 42.7 Å². The van der Waals surface area contributed by atoms with E-state index in [1.54, 1.807) is 41.9 Å². The molecule has 1 aromatic rings. The lowest BCUT2D eigenvalue weighted by molar-refractivity contribution is -0.159. The highest BCUT2D eigenvalue weighted by Gasteiger charge is 2.60. The minimum Gasteiger partial charge on any atom is -0.462 e. The standard InChI is InChI=1S/C39H53NO11S2/c1-22(16-28-21-46-26(5)40-28)10-9-11-24(3)35(44-7)25(4)30-20-33(50-38(43)45-14-15-53-52-8)39(6)32(51-39)13-12-23(2)29-17-27(19-34(41)47-29)18-31-36(48-31)37(42)49-30/h9-13,16,21,23,25,27,29-33,35-36H,14-15,17-20H2,1-8H3. The number of rotatable bonds is 12. The van der Waals surface area contributed by atoms with Crippen LogP contribution in [0.15, 0.2) is 52.2 Å². The second kappa shape index (κ2) is 18.5. The largest absolute Gasteiger partial charge is 0.508 e. The van der Waals surface area contributed by atoms with Gasteiger partial charge in [-0.25, -0.2) is 14.6 Å². The zero-order chi connectivity index (χ0) is 38.3. The molecule has 11 atom stereocenters. The molecule has 3 fully saturated rings. The number of carbonyl (C=O) groups excluding carboxylic acids is 3. The van der Waals surface area contributed by atoms with Crippen molar-refractivity contribution in [3.8, 4) is 0 Å². The normalized spacial score (nSPS) is 33.3. The van der Waals surface area contributed by atoms with Crippen LogP contribution in [0.5, 0.6) is 0 Å². The van der Waals surface area contributed by atoms with Gasteiger partial charge in [-0.1, -0.05) is 65.8 Å². The molecule has 11 unspecified atom stereocenters. The average molecular weight is 776 g/mol. The molecule has 0 spiro atoms. The Hall–Kier alpha value is -3.04. The smallest absolute Gasteiger partial charge is 0.462 e. The van der Waals surface area contributed by atoms with E-state index < -0.39 is 48.2 Å². The molecule has 0 N–H and O–H groups in total. The van der Waals surface area contributed by atoms with Crippen LogP contribution in [0.2, 0.25) is 0 Å². The summed E-state index contributed by atoms with van der Waals surface area (Å²) in [5, 5.41) is 0. The quantitative estimate of drug-likeness (QED) is 0.0400. The minimum atomic E-state index is -0.933. The van der Waals surface area contributed by atoms with E-state index in [0.29, 0.717) is 24.5 Å². The number of allylic oxidation sites excluding steroid dienone is 4. The van der Waals surface area contributed by atoms with Crippen LogP contribution in [0.1, 0.15) is 71.9 Å². The monoisotopic (exact) mass is 775 g/mol. The Bertz CT molecular complexity index is 1570. The van der Waals surface area contributed by atoms with Crippen molar-refractivity contribution in [3.63, 3.8) is 0 Å². The number of aryl methyl sites for hydroxylation is 1. The third-order valence-corrected chi connectivity index (χ3v) is 12.1. The van der Waals surface area contributed by atoms with E-state index in [0.717, 1.165) is 16.8 Å². The van der Waals surface area contributed by atoms with E-state index in [2.05, 4.69) is 4.98 Å². The number of methoxy groups -OCH3 is 1. The van der Waals surface area contributed by atoms with Crippen molar-refractivity contribution in [2.45, 2.75) is 116 Å². The second-order valence-electron chi connectivity index (χ2n) is 14.5. The fourth-order valence-corrected chi connectivity index (χ4v) is 8.20. The molecule has 3 saturated heterocycles. The minimum absolute atomic E-state index is 0.0281. The molecule has 0 amide bonds. The number of ether oxygens (including phenoxy) is 7. The molecule has 0 aliphatic carbocycles. The average Bonchev–Trinajstić information content (AvgIpc) is 3.98. The molecule has 1 aromatic heterocycles. The summed E-state index contributed by atoms with van der Waals surface area (Å²) in [7, 11) is 4.77. The lowest BCUT2D eigenvalue weighted by atomic mass is 9.84. The van der Waals surface area contributed by atoms with Gasteiger partial charge in [0.05, 0.1) is 12.2 Å². The summed E-state index contributed by atoms with van der Waals surface area (Å²) in [6, 6.07) is 0. The van der Waals surface area contributed by atoms with Crippen LogP contribution in [0.4, 0.5) is 4.79 Å². The number of carbonyl (C=O) groups is 3. The van der Waals surface area contributed by atoms with Gasteiger partial charge < -0.3 is 37.6 Å². The Balaban J connectivity index is 1.40. The maximum atomic E-state index is 13.7. The van der Waals surface area contributed by atoms with Crippen LogP contribution in [0.25, 0.3) is 6.08 Å². The van der Waals surface area contributed by atoms with Crippen LogP contribution in [-0.4, -0.2) is 97.1 Å². The molecule has 0 saturated carbocycles. The number of hydrogen-bond donors (Lipinski definition) is 0. The van der Waals surface area contributed by atoms with E-state index in [1.807, 2.05) is 77.3 Å². The van der Waals surface area contributed by atoms with Gasteiger partial charge in [0.15, 0.2) is 12.0 Å². The number of nitrogens with zero attached hydrogens (tertiary/aromatic N) is 1. The van der Waals surface area contributed by atoms with Gasteiger partial charge in [0.1, 0.15) is 48.6 Å². The van der Waals surface area contributed by atoms with Crippen LogP contribution < -0.4 is 0 Å². The lowest BCUT2D eigenvalue weighted by Gasteiger charge is -2.33. The Morgan fingerprint density at radius 2 is 1.92 bits per heavy atom. The topological polar surface area (TPSA) is 148 Å². The highest BCUT2D eigenvalue weighted by molar-refractivity contribution is 8.76. The summed E-state index contributed by atoms with van der Waals surface area (Å²) in [6.45, 7) is 11.7.